The van der Waals surface area contributed by atoms with Gasteiger partial charge in [-0.2, -0.15) is 0 Å². The molecule has 2 heterocycles. The summed E-state index contributed by atoms with van der Waals surface area (Å²) in [6.45, 7) is 0.394. The molecule has 2 atom stereocenters. The molecule has 2 aromatic rings. The highest BCUT2D eigenvalue weighted by molar-refractivity contribution is 5.97. The molecular formula is C25H31N5O4. The van der Waals surface area contributed by atoms with Crippen molar-refractivity contribution in [2.75, 3.05) is 18.4 Å². The molecule has 9 nitrogen and oxygen atoms in total. The van der Waals surface area contributed by atoms with Crippen LogP contribution in [0.2, 0.25) is 0 Å². The van der Waals surface area contributed by atoms with Crippen LogP contribution in [0.1, 0.15) is 38.5 Å². The minimum absolute atomic E-state index is 0.0894. The van der Waals surface area contributed by atoms with Crippen LogP contribution >= 0.6 is 0 Å². The van der Waals surface area contributed by atoms with Crippen molar-refractivity contribution < 1.29 is 19.6 Å². The summed E-state index contributed by atoms with van der Waals surface area (Å²) in [6, 6.07) is 12.8. The monoisotopic (exact) mass is 465 g/mol. The Bertz CT molecular complexity index is 979. The number of nitrogens with zero attached hydrogens (tertiary/aromatic N) is 3. The molecule has 0 spiro atoms. The molecule has 3 N–H and O–H groups in total. The highest BCUT2D eigenvalue weighted by atomic mass is 16.5. The van der Waals surface area contributed by atoms with E-state index in [9.17, 15) is 19.6 Å². The lowest BCUT2D eigenvalue weighted by Gasteiger charge is -2.29. The zero-order valence-electron chi connectivity index (χ0n) is 19.1. The Kier molecular flexibility index (Phi) is 7.87. The van der Waals surface area contributed by atoms with Crippen molar-refractivity contribution in [1.82, 2.24) is 20.5 Å². The summed E-state index contributed by atoms with van der Waals surface area (Å²) >= 11 is 0. The van der Waals surface area contributed by atoms with Crippen molar-refractivity contribution in [1.29, 1.82) is 0 Å². The average molecular weight is 466 g/mol. The van der Waals surface area contributed by atoms with E-state index in [1.165, 1.54) is 5.01 Å². The molecule has 1 aromatic carbocycles. The lowest BCUT2D eigenvalue weighted by atomic mass is 9.92. The molecule has 180 valence electrons. The summed E-state index contributed by atoms with van der Waals surface area (Å²) < 4.78 is 0. The fourth-order valence-electron chi connectivity index (χ4n) is 4.89. The van der Waals surface area contributed by atoms with Gasteiger partial charge in [-0.15, -0.1) is 0 Å². The first-order valence-corrected chi connectivity index (χ1v) is 11.8. The molecule has 1 saturated heterocycles. The van der Waals surface area contributed by atoms with E-state index in [0.717, 1.165) is 36.8 Å². The molecule has 9 heteroatoms. The van der Waals surface area contributed by atoms with Crippen molar-refractivity contribution in [3.63, 3.8) is 0 Å². The largest absolute Gasteiger partial charge is 0.309 e. The van der Waals surface area contributed by atoms with Crippen LogP contribution in [0.4, 0.5) is 5.82 Å². The van der Waals surface area contributed by atoms with E-state index in [1.54, 1.807) is 12.3 Å². The van der Waals surface area contributed by atoms with E-state index >= 15 is 0 Å². The van der Waals surface area contributed by atoms with Gasteiger partial charge in [-0.25, -0.2) is 15.5 Å². The summed E-state index contributed by atoms with van der Waals surface area (Å²) in [5.74, 6) is -0.389. The molecule has 1 unspecified atom stereocenters. The summed E-state index contributed by atoms with van der Waals surface area (Å²) in [7, 11) is 0. The van der Waals surface area contributed by atoms with Gasteiger partial charge in [0.2, 0.25) is 18.2 Å². The molecule has 1 saturated carbocycles. The van der Waals surface area contributed by atoms with Gasteiger partial charge in [-0.05, 0) is 36.5 Å². The predicted molar refractivity (Wildman–Crippen MR) is 126 cm³/mol. The third-order valence-corrected chi connectivity index (χ3v) is 6.64. The number of benzene rings is 1. The normalized spacial score (nSPS) is 19.1. The lowest BCUT2D eigenvalue weighted by molar-refractivity contribution is -0.159. The van der Waals surface area contributed by atoms with Crippen molar-refractivity contribution in [3.05, 3.63) is 48.7 Å². The first-order valence-electron chi connectivity index (χ1n) is 11.8. The second-order valence-electron chi connectivity index (χ2n) is 9.02. The van der Waals surface area contributed by atoms with Gasteiger partial charge in [0.25, 0.3) is 0 Å². The van der Waals surface area contributed by atoms with E-state index in [1.807, 2.05) is 36.4 Å². The molecule has 4 rings (SSSR count). The van der Waals surface area contributed by atoms with E-state index < -0.39 is 12.0 Å². The molecule has 3 amide bonds. The Labute approximate surface area is 199 Å². The summed E-state index contributed by atoms with van der Waals surface area (Å²) in [5, 5.41) is 14.4. The molecule has 1 aromatic heterocycles. The van der Waals surface area contributed by atoms with Crippen molar-refractivity contribution in [2.24, 2.45) is 11.8 Å². The fourth-order valence-corrected chi connectivity index (χ4v) is 4.89. The van der Waals surface area contributed by atoms with Crippen LogP contribution in [0.3, 0.4) is 0 Å². The van der Waals surface area contributed by atoms with Gasteiger partial charge >= 0.3 is 0 Å². The number of carbonyl (C=O) groups is 3. The number of amides is 3. The van der Waals surface area contributed by atoms with Gasteiger partial charge in [0, 0.05) is 18.3 Å². The summed E-state index contributed by atoms with van der Waals surface area (Å²) in [5.41, 5.74) is 4.99. The number of aromatic nitrogens is 1. The van der Waals surface area contributed by atoms with Crippen LogP contribution in [0.5, 0.6) is 0 Å². The molecule has 0 radical (unpaired) electrons. The third kappa shape index (κ3) is 5.78. The van der Waals surface area contributed by atoms with Gasteiger partial charge < -0.3 is 5.32 Å². The first kappa shape index (κ1) is 23.8. The van der Waals surface area contributed by atoms with Crippen molar-refractivity contribution in [2.45, 2.75) is 44.6 Å². The number of hydrazine groups is 1. The summed E-state index contributed by atoms with van der Waals surface area (Å²) in [6.07, 6.45) is 7.40. The second-order valence-corrected chi connectivity index (χ2v) is 9.02. The zero-order chi connectivity index (χ0) is 23.9. The maximum atomic E-state index is 13.4. The molecule has 1 aliphatic carbocycles. The quantitative estimate of drug-likeness (QED) is 0.298. The predicted octanol–water partition coefficient (Wildman–Crippen LogP) is 2.84. The maximum absolute atomic E-state index is 13.4. The van der Waals surface area contributed by atoms with Crippen LogP contribution in [0, 0.1) is 11.8 Å². The number of hydrogen-bond donors (Lipinski definition) is 3. The Morgan fingerprint density at radius 1 is 1.15 bits per heavy atom. The highest BCUT2D eigenvalue weighted by Gasteiger charge is 2.39. The van der Waals surface area contributed by atoms with Gasteiger partial charge in [-0.1, -0.05) is 56.0 Å². The molecule has 34 heavy (non-hydrogen) atoms. The van der Waals surface area contributed by atoms with Crippen molar-refractivity contribution in [3.8, 4) is 11.1 Å². The highest BCUT2D eigenvalue weighted by Crippen LogP contribution is 2.31. The minimum Gasteiger partial charge on any atom is -0.309 e. The van der Waals surface area contributed by atoms with E-state index in [2.05, 4.69) is 15.7 Å². The van der Waals surface area contributed by atoms with Gasteiger partial charge in [0.05, 0.1) is 12.5 Å². The Morgan fingerprint density at radius 2 is 1.91 bits per heavy atom. The van der Waals surface area contributed by atoms with E-state index in [-0.39, 0.29) is 18.4 Å². The van der Waals surface area contributed by atoms with Crippen LogP contribution in [-0.2, 0) is 14.4 Å². The molecular weight excluding hydrogens is 434 g/mol. The SMILES string of the molecule is O=CN(O)CC(CC1CCCC1)C(=O)N1NCC[C@H]1C(=O)Nc1ccc(-c2ccccc2)cn1. The summed E-state index contributed by atoms with van der Waals surface area (Å²) in [4.78, 5) is 41.7. The number of pyridine rings is 1. The molecule has 0 bridgehead atoms. The Balaban J connectivity index is 1.42. The Hall–Kier alpha value is -3.30. The molecule has 2 aliphatic rings. The Morgan fingerprint density at radius 3 is 2.59 bits per heavy atom. The standard InChI is InChI=1S/C25H31N5O4/c31-17-29(34)16-21(14-18-6-4-5-7-18)25(33)30-22(12-13-27-30)24(32)28-23-11-10-20(15-26-23)19-8-2-1-3-9-19/h1-3,8-11,15,17-18,21-22,27,34H,4-7,12-14,16H2,(H,26,28,32)/t21?,22-/m0/s1. The number of anilines is 1. The second kappa shape index (κ2) is 11.2. The molecule has 2 fully saturated rings. The van der Waals surface area contributed by atoms with Crippen LogP contribution < -0.4 is 10.7 Å². The average Bonchev–Trinajstić information content (AvgIpc) is 3.56. The number of hydrogen-bond acceptors (Lipinski definition) is 6. The zero-order valence-corrected chi connectivity index (χ0v) is 19.1. The number of carbonyl (C=O) groups excluding carboxylic acids is 3. The van der Waals surface area contributed by atoms with Gasteiger partial charge in [-0.3, -0.25) is 24.6 Å². The smallest absolute Gasteiger partial charge is 0.250 e. The fraction of sp³-hybridized carbons (Fsp3) is 0.440. The number of hydroxylamine groups is 2. The lowest BCUT2D eigenvalue weighted by Crippen LogP contribution is -2.51. The third-order valence-electron chi connectivity index (χ3n) is 6.64. The van der Waals surface area contributed by atoms with E-state index in [0.29, 0.717) is 42.6 Å². The number of rotatable bonds is 9. The maximum Gasteiger partial charge on any atom is 0.250 e. The topological polar surface area (TPSA) is 115 Å². The first-order chi connectivity index (χ1) is 16.5. The van der Waals surface area contributed by atoms with Crippen LogP contribution in [0.25, 0.3) is 11.1 Å². The van der Waals surface area contributed by atoms with E-state index in [4.69, 9.17) is 0 Å². The van der Waals surface area contributed by atoms with Gasteiger partial charge in [0.15, 0.2) is 0 Å². The van der Waals surface area contributed by atoms with Crippen LogP contribution in [-0.4, -0.2) is 57.6 Å². The minimum atomic E-state index is -0.697. The van der Waals surface area contributed by atoms with Crippen molar-refractivity contribution >= 4 is 24.0 Å². The molecule has 1 aliphatic heterocycles. The number of nitrogens with one attached hydrogen (secondary N) is 2. The van der Waals surface area contributed by atoms with Crippen LogP contribution in [0.15, 0.2) is 48.7 Å². The van der Waals surface area contributed by atoms with Gasteiger partial charge in [0.1, 0.15) is 11.9 Å².